The molecule has 0 heterocycles. The summed E-state index contributed by atoms with van der Waals surface area (Å²) in [5.41, 5.74) is 5.53. The molecule has 0 nitrogen and oxygen atoms in total. The van der Waals surface area contributed by atoms with E-state index in [2.05, 4.69) is 77.5 Å². The zero-order valence-electron chi connectivity index (χ0n) is 11.1. The van der Waals surface area contributed by atoms with Crippen molar-refractivity contribution in [1.82, 2.24) is 0 Å². The van der Waals surface area contributed by atoms with Gasteiger partial charge in [-0.3, -0.25) is 0 Å². The fraction of sp³-hybridized carbons (Fsp3) is 0.222. The highest BCUT2D eigenvalue weighted by Gasteiger charge is 2.22. The minimum absolute atomic E-state index is 0.563. The van der Waals surface area contributed by atoms with Crippen LogP contribution in [0.4, 0.5) is 0 Å². The van der Waals surface area contributed by atoms with Crippen LogP contribution in [-0.4, -0.2) is 0 Å². The molecule has 2 aromatic carbocycles. The molecule has 0 fully saturated rings. The first-order valence-corrected chi connectivity index (χ1v) is 7.66. The minimum Gasteiger partial charge on any atom is -0.0764 e. The standard InChI is InChI=1S/C18H17Br/c1-2-6-13-9-10-15-11-12-16(19)18(17(13)15)14-7-4-3-5-8-14/h3-5,7-13H,2,6H2,1H3. The van der Waals surface area contributed by atoms with E-state index in [-0.39, 0.29) is 0 Å². The van der Waals surface area contributed by atoms with Crippen LogP contribution in [-0.2, 0) is 0 Å². The Morgan fingerprint density at radius 3 is 2.58 bits per heavy atom. The van der Waals surface area contributed by atoms with Crippen LogP contribution in [0.15, 0.2) is 53.0 Å². The fourth-order valence-electron chi connectivity index (χ4n) is 2.92. The van der Waals surface area contributed by atoms with Crippen LogP contribution in [0.5, 0.6) is 0 Å². The van der Waals surface area contributed by atoms with Crippen molar-refractivity contribution in [3.63, 3.8) is 0 Å². The Morgan fingerprint density at radius 1 is 1.05 bits per heavy atom. The van der Waals surface area contributed by atoms with E-state index in [1.807, 2.05) is 0 Å². The number of allylic oxidation sites excluding steroid dienone is 1. The first kappa shape index (κ1) is 12.7. The van der Waals surface area contributed by atoms with Gasteiger partial charge in [-0.05, 0) is 29.2 Å². The van der Waals surface area contributed by atoms with Gasteiger partial charge < -0.3 is 0 Å². The molecule has 0 aromatic heterocycles. The Hall–Kier alpha value is -1.34. The highest BCUT2D eigenvalue weighted by atomic mass is 79.9. The lowest BCUT2D eigenvalue weighted by Gasteiger charge is -2.17. The third-order valence-electron chi connectivity index (χ3n) is 3.77. The van der Waals surface area contributed by atoms with Crippen molar-refractivity contribution >= 4 is 22.0 Å². The number of benzene rings is 2. The van der Waals surface area contributed by atoms with Crippen molar-refractivity contribution in [2.24, 2.45) is 0 Å². The highest BCUT2D eigenvalue weighted by molar-refractivity contribution is 9.10. The van der Waals surface area contributed by atoms with Gasteiger partial charge in [0.15, 0.2) is 0 Å². The maximum Gasteiger partial charge on any atom is 0.0257 e. The van der Waals surface area contributed by atoms with Crippen molar-refractivity contribution in [2.45, 2.75) is 25.7 Å². The Labute approximate surface area is 123 Å². The monoisotopic (exact) mass is 312 g/mol. The van der Waals surface area contributed by atoms with Crippen LogP contribution in [0.3, 0.4) is 0 Å². The van der Waals surface area contributed by atoms with E-state index in [9.17, 15) is 0 Å². The molecule has 19 heavy (non-hydrogen) atoms. The second-order valence-corrected chi connectivity index (χ2v) is 5.90. The van der Waals surface area contributed by atoms with Crippen LogP contribution in [0.25, 0.3) is 17.2 Å². The lowest BCUT2D eigenvalue weighted by Crippen LogP contribution is -1.97. The fourth-order valence-corrected chi connectivity index (χ4v) is 3.49. The van der Waals surface area contributed by atoms with E-state index in [0.717, 1.165) is 0 Å². The van der Waals surface area contributed by atoms with Gasteiger partial charge in [0.1, 0.15) is 0 Å². The summed E-state index contributed by atoms with van der Waals surface area (Å²) in [5.74, 6) is 0.563. The minimum atomic E-state index is 0.563. The van der Waals surface area contributed by atoms with Gasteiger partial charge in [-0.15, -0.1) is 0 Å². The molecular weight excluding hydrogens is 296 g/mol. The Balaban J connectivity index is 2.18. The van der Waals surface area contributed by atoms with Gasteiger partial charge in [-0.25, -0.2) is 0 Å². The summed E-state index contributed by atoms with van der Waals surface area (Å²) in [6.07, 6.45) is 7.07. The average molecular weight is 313 g/mol. The average Bonchev–Trinajstić information content (AvgIpc) is 2.84. The lowest BCUT2D eigenvalue weighted by atomic mass is 9.89. The molecule has 2 aromatic rings. The number of hydrogen-bond donors (Lipinski definition) is 0. The van der Waals surface area contributed by atoms with Gasteiger partial charge in [-0.2, -0.15) is 0 Å². The van der Waals surface area contributed by atoms with Crippen LogP contribution in [0.1, 0.15) is 36.8 Å². The molecule has 1 aliphatic carbocycles. The summed E-state index contributed by atoms with van der Waals surface area (Å²) in [7, 11) is 0. The first-order valence-electron chi connectivity index (χ1n) is 6.87. The molecule has 1 heteroatoms. The Kier molecular flexibility index (Phi) is 3.56. The van der Waals surface area contributed by atoms with Gasteiger partial charge >= 0.3 is 0 Å². The third-order valence-corrected chi connectivity index (χ3v) is 4.43. The van der Waals surface area contributed by atoms with E-state index in [4.69, 9.17) is 0 Å². The molecular formula is C18H17Br. The van der Waals surface area contributed by atoms with Crippen LogP contribution in [0, 0.1) is 0 Å². The second kappa shape index (κ2) is 5.34. The summed E-state index contributed by atoms with van der Waals surface area (Å²) in [6, 6.07) is 15.1. The van der Waals surface area contributed by atoms with E-state index in [1.165, 1.54) is 39.6 Å². The SMILES string of the molecule is CCCC1C=Cc2ccc(Br)c(-c3ccccc3)c21. The molecule has 0 radical (unpaired) electrons. The number of halogens is 1. The predicted octanol–water partition coefficient (Wildman–Crippen LogP) is 6.03. The molecule has 0 amide bonds. The molecule has 0 saturated carbocycles. The van der Waals surface area contributed by atoms with Crippen molar-refractivity contribution in [3.05, 3.63) is 64.1 Å². The maximum absolute atomic E-state index is 3.74. The highest BCUT2D eigenvalue weighted by Crippen LogP contribution is 2.43. The summed E-state index contributed by atoms with van der Waals surface area (Å²) in [4.78, 5) is 0. The normalized spacial score (nSPS) is 16.6. The molecule has 0 saturated heterocycles. The first-order chi connectivity index (χ1) is 9.31. The summed E-state index contributed by atoms with van der Waals surface area (Å²) < 4.78 is 1.20. The molecule has 0 N–H and O–H groups in total. The molecule has 1 unspecified atom stereocenters. The number of hydrogen-bond acceptors (Lipinski definition) is 0. The van der Waals surface area contributed by atoms with Crippen LogP contribution >= 0.6 is 15.9 Å². The Bertz CT molecular complexity index is 611. The maximum atomic E-state index is 3.74. The van der Waals surface area contributed by atoms with Crippen molar-refractivity contribution in [1.29, 1.82) is 0 Å². The molecule has 1 aliphatic rings. The molecule has 1 atom stereocenters. The quantitative estimate of drug-likeness (QED) is 0.649. The second-order valence-electron chi connectivity index (χ2n) is 5.05. The molecule has 0 bridgehead atoms. The zero-order valence-corrected chi connectivity index (χ0v) is 12.7. The topological polar surface area (TPSA) is 0 Å². The van der Waals surface area contributed by atoms with E-state index in [1.54, 1.807) is 0 Å². The van der Waals surface area contributed by atoms with E-state index >= 15 is 0 Å². The predicted molar refractivity (Wildman–Crippen MR) is 86.3 cm³/mol. The zero-order chi connectivity index (χ0) is 13.2. The Morgan fingerprint density at radius 2 is 1.84 bits per heavy atom. The van der Waals surface area contributed by atoms with Gasteiger partial charge in [0.2, 0.25) is 0 Å². The van der Waals surface area contributed by atoms with Crippen LogP contribution in [0.2, 0.25) is 0 Å². The molecule has 96 valence electrons. The smallest absolute Gasteiger partial charge is 0.0257 e. The number of rotatable bonds is 3. The van der Waals surface area contributed by atoms with Gasteiger partial charge in [0, 0.05) is 16.0 Å². The van der Waals surface area contributed by atoms with Crippen LogP contribution < -0.4 is 0 Å². The molecule has 3 rings (SSSR count). The van der Waals surface area contributed by atoms with Gasteiger partial charge in [0.25, 0.3) is 0 Å². The summed E-state index contributed by atoms with van der Waals surface area (Å²) >= 11 is 3.74. The number of fused-ring (bicyclic) bond motifs is 1. The summed E-state index contributed by atoms with van der Waals surface area (Å²) in [5, 5.41) is 0. The summed E-state index contributed by atoms with van der Waals surface area (Å²) in [6.45, 7) is 2.26. The van der Waals surface area contributed by atoms with Crippen molar-refractivity contribution < 1.29 is 0 Å². The third kappa shape index (κ3) is 2.28. The van der Waals surface area contributed by atoms with E-state index in [0.29, 0.717) is 5.92 Å². The molecule has 0 aliphatic heterocycles. The van der Waals surface area contributed by atoms with Crippen molar-refractivity contribution in [2.75, 3.05) is 0 Å². The van der Waals surface area contributed by atoms with Gasteiger partial charge in [-0.1, -0.05) is 77.8 Å². The largest absolute Gasteiger partial charge is 0.0764 e. The molecule has 0 spiro atoms. The van der Waals surface area contributed by atoms with Crippen molar-refractivity contribution in [3.8, 4) is 11.1 Å². The van der Waals surface area contributed by atoms with E-state index < -0.39 is 0 Å². The van der Waals surface area contributed by atoms with Gasteiger partial charge in [0.05, 0.1) is 0 Å². The lowest BCUT2D eigenvalue weighted by molar-refractivity contribution is 0.726.